The highest BCUT2D eigenvalue weighted by Gasteiger charge is 2.53. The van der Waals surface area contributed by atoms with Gasteiger partial charge >= 0.3 is 19.3 Å². The molecule has 3 heterocycles. The van der Waals surface area contributed by atoms with Crippen LogP contribution in [0.5, 0.6) is 0 Å². The van der Waals surface area contributed by atoms with Crippen LogP contribution in [0.1, 0.15) is 33.7 Å². The number of carbonyl (C=O) groups is 1. The van der Waals surface area contributed by atoms with Gasteiger partial charge in [-0.3, -0.25) is 4.68 Å². The van der Waals surface area contributed by atoms with Crippen LogP contribution < -0.4 is 10.9 Å². The second-order valence-corrected chi connectivity index (χ2v) is 6.90. The third-order valence-corrected chi connectivity index (χ3v) is 4.54. The number of aliphatic carboxylic acids is 1. The highest BCUT2D eigenvalue weighted by atomic mass is 19.4. The number of halogens is 3. The summed E-state index contributed by atoms with van der Waals surface area (Å²) >= 11 is 0. The van der Waals surface area contributed by atoms with Crippen molar-refractivity contribution in [1.29, 1.82) is 0 Å². The maximum atomic E-state index is 10.6. The molecule has 3 rings (SSSR count). The van der Waals surface area contributed by atoms with Crippen molar-refractivity contribution in [3.05, 3.63) is 12.3 Å². The van der Waals surface area contributed by atoms with Crippen LogP contribution in [0, 0.1) is 0 Å². The molecule has 2 saturated heterocycles. The number of hydrogen-bond donors (Lipinski definition) is 2. The van der Waals surface area contributed by atoms with Crippen LogP contribution in [0.15, 0.2) is 12.3 Å². The van der Waals surface area contributed by atoms with Crippen molar-refractivity contribution in [1.82, 2.24) is 15.1 Å². The molecule has 2 fully saturated rings. The molecule has 0 saturated carbocycles. The average molecular weight is 363 g/mol. The highest BCUT2D eigenvalue weighted by Crippen LogP contribution is 2.36. The van der Waals surface area contributed by atoms with E-state index in [1.807, 2.05) is 16.9 Å². The van der Waals surface area contributed by atoms with Crippen molar-refractivity contribution in [2.45, 2.75) is 51.1 Å². The Morgan fingerprint density at radius 1 is 1.32 bits per heavy atom. The topological polar surface area (TPSA) is 85.6 Å². The third-order valence-electron chi connectivity index (χ3n) is 4.54. The normalized spacial score (nSPS) is 22.1. The summed E-state index contributed by atoms with van der Waals surface area (Å²) in [6.45, 7) is 10.2. The summed E-state index contributed by atoms with van der Waals surface area (Å²) in [6, 6.07) is 2.41. The molecule has 0 radical (unpaired) electrons. The molecule has 0 unspecified atom stereocenters. The zero-order chi connectivity index (χ0) is 19.0. The molecule has 0 aliphatic carbocycles. The number of nitrogens with one attached hydrogen (secondary N) is 1. The highest BCUT2D eigenvalue weighted by molar-refractivity contribution is 6.61. The second kappa shape index (κ2) is 6.62. The Morgan fingerprint density at radius 2 is 1.80 bits per heavy atom. The van der Waals surface area contributed by atoms with E-state index in [0.29, 0.717) is 6.04 Å². The molecule has 7 nitrogen and oxygen atoms in total. The van der Waals surface area contributed by atoms with Crippen molar-refractivity contribution >= 4 is 18.7 Å². The number of nitrogens with zero attached hydrogens (tertiary/aromatic N) is 2. The van der Waals surface area contributed by atoms with E-state index in [4.69, 9.17) is 19.2 Å². The Kier molecular flexibility index (Phi) is 5.22. The van der Waals surface area contributed by atoms with Crippen LogP contribution in [-0.2, 0) is 14.1 Å². The van der Waals surface area contributed by atoms with Gasteiger partial charge in [-0.25, -0.2) is 4.79 Å². The molecule has 2 aliphatic rings. The quantitative estimate of drug-likeness (QED) is 0.762. The van der Waals surface area contributed by atoms with Crippen LogP contribution in [-0.4, -0.2) is 58.4 Å². The standard InChI is InChI=1S/C12H20BN3O2.C2HF3O2/c1-11(2)12(3,4)18-13(17-11)10-5-6-15-16(10)9-7-14-8-9;3-2(4,5)1(6)7/h5-6,9,14H,7-8H2,1-4H3;(H,6,7). The SMILES string of the molecule is CC1(C)OB(c2ccnn2C2CNC2)OC1(C)C.O=C(O)C(F)(F)F. The molecule has 11 heteroatoms. The second-order valence-electron chi connectivity index (χ2n) is 6.90. The number of carboxylic acids is 1. The Balaban J connectivity index is 0.000000277. The van der Waals surface area contributed by atoms with Gasteiger partial charge in [-0.1, -0.05) is 0 Å². The molecular weight excluding hydrogens is 342 g/mol. The lowest BCUT2D eigenvalue weighted by Crippen LogP contribution is -2.50. The van der Waals surface area contributed by atoms with E-state index in [9.17, 15) is 13.2 Å². The van der Waals surface area contributed by atoms with Gasteiger partial charge < -0.3 is 19.7 Å². The molecule has 0 aromatic carbocycles. The summed E-state index contributed by atoms with van der Waals surface area (Å²) in [5.41, 5.74) is 0.412. The van der Waals surface area contributed by atoms with E-state index >= 15 is 0 Å². The van der Waals surface area contributed by atoms with E-state index in [1.165, 1.54) is 0 Å². The number of rotatable bonds is 2. The van der Waals surface area contributed by atoms with Crippen LogP contribution in [0.25, 0.3) is 0 Å². The molecule has 0 spiro atoms. The van der Waals surface area contributed by atoms with Crippen LogP contribution in [0.3, 0.4) is 0 Å². The molecule has 25 heavy (non-hydrogen) atoms. The predicted molar refractivity (Wildman–Crippen MR) is 83.5 cm³/mol. The molecule has 1 aromatic heterocycles. The fourth-order valence-electron chi connectivity index (χ4n) is 2.23. The first-order valence-electron chi connectivity index (χ1n) is 7.75. The van der Waals surface area contributed by atoms with Gasteiger partial charge in [0.05, 0.1) is 22.8 Å². The van der Waals surface area contributed by atoms with Gasteiger partial charge in [-0.2, -0.15) is 18.3 Å². The van der Waals surface area contributed by atoms with E-state index in [2.05, 4.69) is 38.1 Å². The van der Waals surface area contributed by atoms with Gasteiger partial charge in [-0.15, -0.1) is 0 Å². The first-order valence-corrected chi connectivity index (χ1v) is 7.75. The summed E-state index contributed by atoms with van der Waals surface area (Å²) in [7, 11) is -0.321. The Bertz CT molecular complexity index is 613. The number of carboxylic acid groups (broad SMARTS) is 1. The Hall–Kier alpha value is -1.59. The smallest absolute Gasteiger partial charge is 0.475 e. The van der Waals surface area contributed by atoms with Crippen molar-refractivity contribution in [3.8, 4) is 0 Å². The molecule has 0 amide bonds. The zero-order valence-electron chi connectivity index (χ0n) is 14.4. The van der Waals surface area contributed by atoms with E-state index in [0.717, 1.165) is 18.7 Å². The van der Waals surface area contributed by atoms with E-state index < -0.39 is 12.1 Å². The minimum Gasteiger partial charge on any atom is -0.475 e. The summed E-state index contributed by atoms with van der Waals surface area (Å²) in [4.78, 5) is 8.90. The fourth-order valence-corrected chi connectivity index (χ4v) is 2.23. The summed E-state index contributed by atoms with van der Waals surface area (Å²) < 4.78 is 45.9. The van der Waals surface area contributed by atoms with Gasteiger partial charge in [-0.05, 0) is 33.8 Å². The first-order chi connectivity index (χ1) is 11.3. The van der Waals surface area contributed by atoms with Gasteiger partial charge in [0.25, 0.3) is 0 Å². The maximum absolute atomic E-state index is 10.6. The number of alkyl halides is 3. The molecule has 2 aliphatic heterocycles. The number of hydrogen-bond acceptors (Lipinski definition) is 5. The Labute approximate surface area is 143 Å². The summed E-state index contributed by atoms with van der Waals surface area (Å²) in [5.74, 6) is -2.76. The predicted octanol–water partition coefficient (Wildman–Crippen LogP) is 0.960. The maximum Gasteiger partial charge on any atom is 0.514 e. The van der Waals surface area contributed by atoms with Crippen LogP contribution in [0.2, 0.25) is 0 Å². The van der Waals surface area contributed by atoms with E-state index in [-0.39, 0.29) is 18.3 Å². The Morgan fingerprint density at radius 3 is 2.16 bits per heavy atom. The summed E-state index contributed by atoms with van der Waals surface area (Å²) in [6.07, 6.45) is -3.27. The lowest BCUT2D eigenvalue weighted by molar-refractivity contribution is -0.192. The van der Waals surface area contributed by atoms with Crippen molar-refractivity contribution in [2.75, 3.05) is 13.1 Å². The largest absolute Gasteiger partial charge is 0.514 e. The third kappa shape index (κ3) is 4.16. The minimum absolute atomic E-state index is 0.301. The molecule has 0 bridgehead atoms. The molecule has 1 aromatic rings. The van der Waals surface area contributed by atoms with Gasteiger partial charge in [0, 0.05) is 19.3 Å². The van der Waals surface area contributed by atoms with Crippen LogP contribution >= 0.6 is 0 Å². The van der Waals surface area contributed by atoms with Crippen molar-refractivity contribution in [2.24, 2.45) is 0 Å². The van der Waals surface area contributed by atoms with Gasteiger partial charge in [0.2, 0.25) is 0 Å². The zero-order valence-corrected chi connectivity index (χ0v) is 14.4. The molecule has 0 atom stereocenters. The summed E-state index contributed by atoms with van der Waals surface area (Å²) in [5, 5.41) is 14.8. The number of aromatic nitrogens is 2. The van der Waals surface area contributed by atoms with Gasteiger partial charge in [0.1, 0.15) is 0 Å². The first kappa shape index (κ1) is 19.7. The molecule has 2 N–H and O–H groups in total. The molecule has 140 valence electrons. The lowest BCUT2D eigenvalue weighted by atomic mass is 9.84. The minimum atomic E-state index is -5.08. The van der Waals surface area contributed by atoms with Crippen molar-refractivity contribution < 1.29 is 32.4 Å². The van der Waals surface area contributed by atoms with Crippen molar-refractivity contribution in [3.63, 3.8) is 0 Å². The van der Waals surface area contributed by atoms with E-state index in [1.54, 1.807) is 0 Å². The molecular formula is C14H21BF3N3O4. The average Bonchev–Trinajstić information content (AvgIpc) is 2.90. The lowest BCUT2D eigenvalue weighted by Gasteiger charge is -2.32. The van der Waals surface area contributed by atoms with Crippen LogP contribution in [0.4, 0.5) is 13.2 Å². The van der Waals surface area contributed by atoms with Gasteiger partial charge in [0.15, 0.2) is 0 Å². The fraction of sp³-hybridized carbons (Fsp3) is 0.714. The monoisotopic (exact) mass is 363 g/mol.